The number of likely N-dealkylation sites (tertiary alicyclic amines) is 2. The summed E-state index contributed by atoms with van der Waals surface area (Å²) in [6.45, 7) is 6.19. The van der Waals surface area contributed by atoms with Crippen molar-refractivity contribution in [3.63, 3.8) is 0 Å². The summed E-state index contributed by atoms with van der Waals surface area (Å²) >= 11 is 0. The lowest BCUT2D eigenvalue weighted by Crippen LogP contribution is -2.37. The van der Waals surface area contributed by atoms with Crippen LogP contribution in [0, 0.1) is 10.1 Å². The number of rotatable bonds is 3. The minimum Gasteiger partial charge on any atom is -0.382 e. The lowest BCUT2D eigenvalue weighted by molar-refractivity contribution is -0.389. The summed E-state index contributed by atoms with van der Waals surface area (Å²) in [5.74, 6) is 0.673. The van der Waals surface area contributed by atoms with E-state index in [1.807, 2.05) is 15.8 Å². The van der Waals surface area contributed by atoms with Gasteiger partial charge in [-0.2, -0.15) is 9.78 Å². The van der Waals surface area contributed by atoms with E-state index in [1.165, 1.54) is 6.07 Å². The molecule has 0 aliphatic carbocycles. The molecule has 0 spiro atoms. The number of hydrogen-bond donors (Lipinski definition) is 1. The maximum Gasteiger partial charge on any atom is 0.389 e. The first kappa shape index (κ1) is 23.2. The maximum absolute atomic E-state index is 11.1. The molecule has 0 aromatic carbocycles. The molecule has 2 fully saturated rings. The standard InChI is InChI=1S/C10H14N4O3.C10H16N4O/c1-8(15)12-5-2-9(3-6-12)13-7-4-10(11-13)14(16)17;1-8(15)13-5-2-9(3-6-13)14-7-4-10(11)12-14/h4,7,9H,2-3,5-6H2,1H3;4,7,9H,2-3,5-6H2,1H3,(H2,11,12). The molecule has 2 aliphatic heterocycles. The normalized spacial score (nSPS) is 17.6. The van der Waals surface area contributed by atoms with Crippen LogP contribution in [0.25, 0.3) is 0 Å². The summed E-state index contributed by atoms with van der Waals surface area (Å²) in [4.78, 5) is 36.0. The van der Waals surface area contributed by atoms with Gasteiger partial charge in [0.05, 0.1) is 29.4 Å². The SMILES string of the molecule is CC(=O)N1CCC(n2ccc(N)n2)CC1.CC(=O)N1CCC(n2ccc([N+](=O)[O-])n2)CC1. The third kappa shape index (κ3) is 5.83. The summed E-state index contributed by atoms with van der Waals surface area (Å²) in [5.41, 5.74) is 5.56. The van der Waals surface area contributed by atoms with E-state index in [1.54, 1.807) is 35.7 Å². The van der Waals surface area contributed by atoms with Crippen LogP contribution in [0.5, 0.6) is 0 Å². The van der Waals surface area contributed by atoms with Crippen LogP contribution >= 0.6 is 0 Å². The highest BCUT2D eigenvalue weighted by atomic mass is 16.6. The van der Waals surface area contributed by atoms with Crippen LogP contribution in [-0.2, 0) is 9.59 Å². The van der Waals surface area contributed by atoms with Gasteiger partial charge in [0.2, 0.25) is 11.8 Å². The first-order valence-electron chi connectivity index (χ1n) is 10.8. The van der Waals surface area contributed by atoms with Gasteiger partial charge < -0.3 is 25.6 Å². The summed E-state index contributed by atoms with van der Waals surface area (Å²) in [6.07, 6.45) is 7.04. The smallest absolute Gasteiger partial charge is 0.382 e. The minimum absolute atomic E-state index is 0.0786. The van der Waals surface area contributed by atoms with Crippen LogP contribution in [0.15, 0.2) is 24.5 Å². The van der Waals surface area contributed by atoms with Crippen molar-refractivity contribution < 1.29 is 14.5 Å². The molecule has 2 aliphatic rings. The van der Waals surface area contributed by atoms with Gasteiger partial charge in [-0.3, -0.25) is 14.3 Å². The fourth-order valence-corrected chi connectivity index (χ4v) is 4.08. The zero-order chi connectivity index (χ0) is 23.3. The van der Waals surface area contributed by atoms with E-state index >= 15 is 0 Å². The molecule has 0 unspecified atom stereocenters. The number of nitrogens with zero attached hydrogens (tertiary/aromatic N) is 7. The minimum atomic E-state index is -0.499. The molecule has 174 valence electrons. The third-order valence-corrected chi connectivity index (χ3v) is 5.98. The Morgan fingerprint density at radius 2 is 1.34 bits per heavy atom. The molecule has 2 amide bonds. The predicted molar refractivity (Wildman–Crippen MR) is 117 cm³/mol. The number of piperidine rings is 2. The number of nitrogen functional groups attached to an aromatic ring is 1. The first-order chi connectivity index (χ1) is 15.2. The van der Waals surface area contributed by atoms with Crippen molar-refractivity contribution in [3.05, 3.63) is 34.6 Å². The highest BCUT2D eigenvalue weighted by molar-refractivity contribution is 5.73. The molecular formula is C20H30N8O4. The molecule has 2 aromatic heterocycles. The Morgan fingerprint density at radius 3 is 1.69 bits per heavy atom. The van der Waals surface area contributed by atoms with Crippen LogP contribution < -0.4 is 5.73 Å². The van der Waals surface area contributed by atoms with Crippen LogP contribution in [0.2, 0.25) is 0 Å². The molecule has 2 N–H and O–H groups in total. The van der Waals surface area contributed by atoms with E-state index in [9.17, 15) is 19.7 Å². The quantitative estimate of drug-likeness (QED) is 0.557. The molecule has 2 aromatic rings. The number of carbonyl (C=O) groups is 2. The number of hydrogen-bond acceptors (Lipinski definition) is 7. The Bertz CT molecular complexity index is 939. The van der Waals surface area contributed by atoms with E-state index in [4.69, 9.17) is 5.73 Å². The maximum atomic E-state index is 11.1. The lowest BCUT2D eigenvalue weighted by Gasteiger charge is -2.31. The Labute approximate surface area is 186 Å². The van der Waals surface area contributed by atoms with Crippen LogP contribution in [-0.4, -0.2) is 72.3 Å². The van der Waals surface area contributed by atoms with Crippen molar-refractivity contribution in [2.45, 2.75) is 51.6 Å². The number of carbonyl (C=O) groups excluding carboxylic acids is 2. The van der Waals surface area contributed by atoms with E-state index in [-0.39, 0.29) is 23.7 Å². The first-order valence-corrected chi connectivity index (χ1v) is 10.8. The Morgan fingerprint density at radius 1 is 0.906 bits per heavy atom. The van der Waals surface area contributed by atoms with Gasteiger partial charge in [-0.05, 0) is 36.7 Å². The fraction of sp³-hybridized carbons (Fsp3) is 0.600. The summed E-state index contributed by atoms with van der Waals surface area (Å²) in [6, 6.07) is 3.74. The Hall–Kier alpha value is -3.44. The van der Waals surface area contributed by atoms with Gasteiger partial charge in [0, 0.05) is 46.2 Å². The van der Waals surface area contributed by atoms with Gasteiger partial charge in [-0.25, -0.2) is 0 Å². The third-order valence-electron chi connectivity index (χ3n) is 5.98. The average Bonchev–Trinajstić information content (AvgIpc) is 3.44. The molecule has 0 bridgehead atoms. The van der Waals surface area contributed by atoms with Gasteiger partial charge in [0.1, 0.15) is 5.82 Å². The zero-order valence-corrected chi connectivity index (χ0v) is 18.5. The molecule has 0 atom stereocenters. The molecule has 0 radical (unpaired) electrons. The number of nitro groups is 1. The van der Waals surface area contributed by atoms with Crippen molar-refractivity contribution in [1.82, 2.24) is 29.4 Å². The number of nitrogens with two attached hydrogens (primary N) is 1. The van der Waals surface area contributed by atoms with Gasteiger partial charge in [0.25, 0.3) is 0 Å². The van der Waals surface area contributed by atoms with E-state index in [0.29, 0.717) is 24.9 Å². The van der Waals surface area contributed by atoms with Crippen molar-refractivity contribution in [2.75, 3.05) is 31.9 Å². The van der Waals surface area contributed by atoms with Crippen molar-refractivity contribution in [2.24, 2.45) is 0 Å². The molecule has 4 heterocycles. The number of anilines is 1. The molecule has 0 saturated carbocycles. The Kier molecular flexibility index (Phi) is 7.44. The summed E-state index contributed by atoms with van der Waals surface area (Å²) in [5, 5.41) is 18.6. The van der Waals surface area contributed by atoms with Crippen molar-refractivity contribution >= 4 is 23.5 Å². The second-order valence-corrected chi connectivity index (χ2v) is 8.11. The van der Waals surface area contributed by atoms with Crippen molar-refractivity contribution in [3.8, 4) is 0 Å². The molecule has 12 heteroatoms. The van der Waals surface area contributed by atoms with E-state index < -0.39 is 4.92 Å². The van der Waals surface area contributed by atoms with Gasteiger partial charge in [0.15, 0.2) is 0 Å². The second-order valence-electron chi connectivity index (χ2n) is 8.11. The molecular weight excluding hydrogens is 416 g/mol. The van der Waals surface area contributed by atoms with E-state index in [2.05, 4.69) is 10.2 Å². The second kappa shape index (κ2) is 10.2. The average molecular weight is 447 g/mol. The molecule has 2 saturated heterocycles. The molecule has 12 nitrogen and oxygen atoms in total. The summed E-state index contributed by atoms with van der Waals surface area (Å²) in [7, 11) is 0. The fourth-order valence-electron chi connectivity index (χ4n) is 4.08. The van der Waals surface area contributed by atoms with E-state index in [0.717, 1.165) is 38.8 Å². The van der Waals surface area contributed by atoms with Gasteiger partial charge in [-0.1, -0.05) is 0 Å². The monoisotopic (exact) mass is 446 g/mol. The molecule has 4 rings (SSSR count). The largest absolute Gasteiger partial charge is 0.389 e. The number of aromatic nitrogens is 4. The highest BCUT2D eigenvalue weighted by Crippen LogP contribution is 2.23. The van der Waals surface area contributed by atoms with Crippen LogP contribution in [0.1, 0.15) is 51.6 Å². The number of amides is 2. The topological polar surface area (TPSA) is 145 Å². The zero-order valence-electron chi connectivity index (χ0n) is 18.5. The van der Waals surface area contributed by atoms with Crippen LogP contribution in [0.3, 0.4) is 0 Å². The summed E-state index contributed by atoms with van der Waals surface area (Å²) < 4.78 is 3.54. The van der Waals surface area contributed by atoms with Crippen molar-refractivity contribution in [1.29, 1.82) is 0 Å². The highest BCUT2D eigenvalue weighted by Gasteiger charge is 2.25. The molecule has 32 heavy (non-hydrogen) atoms. The van der Waals surface area contributed by atoms with Crippen LogP contribution in [0.4, 0.5) is 11.6 Å². The Balaban J connectivity index is 0.000000182. The lowest BCUT2D eigenvalue weighted by atomic mass is 10.1. The predicted octanol–water partition coefficient (Wildman–Crippen LogP) is 1.62. The van der Waals surface area contributed by atoms with Gasteiger partial charge >= 0.3 is 5.82 Å². The van der Waals surface area contributed by atoms with Gasteiger partial charge in [-0.15, -0.1) is 0 Å².